The van der Waals surface area contributed by atoms with Crippen LogP contribution in [0.15, 0.2) is 91.0 Å². The highest BCUT2D eigenvalue weighted by Crippen LogP contribution is 2.21. The minimum atomic E-state index is -1.15. The lowest BCUT2D eigenvalue weighted by Crippen LogP contribution is -2.56. The van der Waals surface area contributed by atoms with Crippen molar-refractivity contribution in [3.8, 4) is 0 Å². The number of aliphatic hydroxyl groups excluding tert-OH is 1. The van der Waals surface area contributed by atoms with Gasteiger partial charge in [0.2, 0.25) is 17.7 Å². The Hall–Kier alpha value is -4.70. The predicted octanol–water partition coefficient (Wildman–Crippen LogP) is 4.48. The molecule has 0 aliphatic heterocycles. The molecular formula is C39H52N4O6. The molecule has 0 fully saturated rings. The van der Waals surface area contributed by atoms with Crippen LogP contribution in [0.1, 0.15) is 64.2 Å². The van der Waals surface area contributed by atoms with E-state index in [0.29, 0.717) is 12.8 Å². The number of amides is 4. The molecule has 0 saturated carbocycles. The number of alkyl carbamates (subject to hydrolysis) is 1. The van der Waals surface area contributed by atoms with Gasteiger partial charge in [-0.1, -0.05) is 111 Å². The van der Waals surface area contributed by atoms with E-state index in [9.17, 15) is 24.3 Å². The van der Waals surface area contributed by atoms with Crippen LogP contribution in [0.2, 0.25) is 0 Å². The number of hydrogen-bond donors (Lipinski definition) is 5. The standard InChI is InChI=1S/C39H52N4O6/c1-6-26(2)34(37(47)41-32(35(40)45)24-29-20-14-9-15-21-29)43-36(46)30(22-27-16-10-7-11-17-27)25-33(44)31(23-28-18-12-8-13-19-28)42-38(48)49-39(3,4)5/h7-21,26,30-34,44H,6,22-25H2,1-5H3,(H2,40,45)(H,41,47)(H,42,48)(H,43,46)/t26-,30-,31-,32-,33-,34-/m0/s1. The highest BCUT2D eigenvalue weighted by molar-refractivity contribution is 5.92. The third-order valence-corrected chi connectivity index (χ3v) is 8.42. The summed E-state index contributed by atoms with van der Waals surface area (Å²) in [4.78, 5) is 53.0. The number of carbonyl (C=O) groups is 4. The highest BCUT2D eigenvalue weighted by Gasteiger charge is 2.34. The van der Waals surface area contributed by atoms with Gasteiger partial charge in [-0.3, -0.25) is 14.4 Å². The molecule has 3 aromatic carbocycles. The van der Waals surface area contributed by atoms with E-state index in [1.54, 1.807) is 20.8 Å². The average Bonchev–Trinajstić information content (AvgIpc) is 3.06. The number of nitrogens with two attached hydrogens (primary N) is 1. The fraction of sp³-hybridized carbons (Fsp3) is 0.436. The van der Waals surface area contributed by atoms with Crippen molar-refractivity contribution in [3.05, 3.63) is 108 Å². The molecule has 0 bridgehead atoms. The number of hydrogen-bond acceptors (Lipinski definition) is 6. The number of primary amides is 1. The zero-order valence-electron chi connectivity index (χ0n) is 29.2. The molecule has 0 spiro atoms. The molecule has 0 aliphatic carbocycles. The van der Waals surface area contributed by atoms with Crippen LogP contribution in [0.25, 0.3) is 0 Å². The molecular weight excluding hydrogens is 620 g/mol. The minimum Gasteiger partial charge on any atom is -0.444 e. The molecule has 0 radical (unpaired) electrons. The maximum Gasteiger partial charge on any atom is 0.407 e. The van der Waals surface area contributed by atoms with E-state index in [2.05, 4.69) is 16.0 Å². The van der Waals surface area contributed by atoms with Crippen LogP contribution >= 0.6 is 0 Å². The third-order valence-electron chi connectivity index (χ3n) is 8.42. The molecule has 3 rings (SSSR count). The van der Waals surface area contributed by atoms with Crippen LogP contribution in [0.5, 0.6) is 0 Å². The summed E-state index contributed by atoms with van der Waals surface area (Å²) in [6.07, 6.45) is -0.475. The number of nitrogens with one attached hydrogen (secondary N) is 3. The van der Waals surface area contributed by atoms with Crippen molar-refractivity contribution in [2.45, 2.75) is 96.6 Å². The van der Waals surface area contributed by atoms with Gasteiger partial charge in [0.05, 0.1) is 12.1 Å². The van der Waals surface area contributed by atoms with E-state index in [-0.39, 0.29) is 25.2 Å². The maximum atomic E-state index is 14.1. The molecule has 264 valence electrons. The van der Waals surface area contributed by atoms with Crippen molar-refractivity contribution in [2.24, 2.45) is 17.6 Å². The maximum absolute atomic E-state index is 14.1. The van der Waals surface area contributed by atoms with Gasteiger partial charge < -0.3 is 31.5 Å². The summed E-state index contributed by atoms with van der Waals surface area (Å²) in [5.74, 6) is -2.69. The van der Waals surface area contributed by atoms with E-state index < -0.39 is 59.6 Å². The minimum absolute atomic E-state index is 0.0131. The van der Waals surface area contributed by atoms with Crippen molar-refractivity contribution in [2.75, 3.05) is 0 Å². The van der Waals surface area contributed by atoms with E-state index in [1.165, 1.54) is 0 Å². The molecule has 0 heterocycles. The zero-order chi connectivity index (χ0) is 36.0. The Labute approximate surface area is 290 Å². The smallest absolute Gasteiger partial charge is 0.407 e. The quantitative estimate of drug-likeness (QED) is 0.142. The molecule has 10 heteroatoms. The van der Waals surface area contributed by atoms with Crippen molar-refractivity contribution >= 4 is 23.8 Å². The second-order valence-corrected chi connectivity index (χ2v) is 13.7. The van der Waals surface area contributed by atoms with Gasteiger partial charge >= 0.3 is 6.09 Å². The Balaban J connectivity index is 1.86. The Kier molecular flexibility index (Phi) is 14.8. The first-order chi connectivity index (χ1) is 23.3. The van der Waals surface area contributed by atoms with Gasteiger partial charge in [-0.05, 0) is 62.6 Å². The number of ether oxygens (including phenoxy) is 1. The van der Waals surface area contributed by atoms with Gasteiger partial charge in [0.1, 0.15) is 17.7 Å². The average molecular weight is 673 g/mol. The van der Waals surface area contributed by atoms with Crippen molar-refractivity contribution in [1.29, 1.82) is 0 Å². The molecule has 6 atom stereocenters. The van der Waals surface area contributed by atoms with Crippen LogP contribution < -0.4 is 21.7 Å². The van der Waals surface area contributed by atoms with Gasteiger partial charge in [0, 0.05) is 12.3 Å². The summed E-state index contributed by atoms with van der Waals surface area (Å²) in [7, 11) is 0. The molecule has 49 heavy (non-hydrogen) atoms. The molecule has 0 saturated heterocycles. The highest BCUT2D eigenvalue weighted by atomic mass is 16.6. The van der Waals surface area contributed by atoms with Crippen molar-refractivity contribution in [3.63, 3.8) is 0 Å². The predicted molar refractivity (Wildman–Crippen MR) is 190 cm³/mol. The first-order valence-electron chi connectivity index (χ1n) is 16.9. The van der Waals surface area contributed by atoms with Gasteiger partial charge in [-0.15, -0.1) is 0 Å². The lowest BCUT2D eigenvalue weighted by molar-refractivity contribution is -0.134. The van der Waals surface area contributed by atoms with Crippen LogP contribution in [0, 0.1) is 11.8 Å². The lowest BCUT2D eigenvalue weighted by Gasteiger charge is -2.31. The fourth-order valence-corrected chi connectivity index (χ4v) is 5.55. The second kappa shape index (κ2) is 18.7. The Morgan fingerprint density at radius 2 is 1.22 bits per heavy atom. The van der Waals surface area contributed by atoms with Gasteiger partial charge in [-0.25, -0.2) is 4.79 Å². The van der Waals surface area contributed by atoms with Gasteiger partial charge in [-0.2, -0.15) is 0 Å². The second-order valence-electron chi connectivity index (χ2n) is 13.7. The van der Waals surface area contributed by atoms with Crippen molar-refractivity contribution < 1.29 is 29.0 Å². The van der Waals surface area contributed by atoms with Crippen molar-refractivity contribution in [1.82, 2.24) is 16.0 Å². The summed E-state index contributed by atoms with van der Waals surface area (Å²) in [5.41, 5.74) is 7.52. The number of aliphatic hydroxyl groups is 1. The summed E-state index contributed by atoms with van der Waals surface area (Å²) in [6, 6.07) is 25.4. The molecule has 10 nitrogen and oxygen atoms in total. The monoisotopic (exact) mass is 672 g/mol. The van der Waals surface area contributed by atoms with E-state index in [1.807, 2.05) is 105 Å². The summed E-state index contributed by atoms with van der Waals surface area (Å²) in [5, 5.41) is 20.2. The molecule has 0 aromatic heterocycles. The SMILES string of the molecule is CC[C@H](C)[C@H](NC(=O)[C@@H](Cc1ccccc1)C[C@H](O)[C@H](Cc1ccccc1)NC(=O)OC(C)(C)C)C(=O)N[C@@H](Cc1ccccc1)C(N)=O. The van der Waals surface area contributed by atoms with Crippen LogP contribution in [-0.4, -0.2) is 58.8 Å². The van der Waals surface area contributed by atoms with E-state index in [4.69, 9.17) is 10.5 Å². The summed E-state index contributed by atoms with van der Waals surface area (Å²) in [6.45, 7) is 9.03. The van der Waals surface area contributed by atoms with Gasteiger partial charge in [0.25, 0.3) is 0 Å². The number of rotatable bonds is 17. The topological polar surface area (TPSA) is 160 Å². The molecule has 6 N–H and O–H groups in total. The van der Waals surface area contributed by atoms with Gasteiger partial charge in [0.15, 0.2) is 0 Å². The molecule has 4 amide bonds. The molecule has 0 aliphatic rings. The largest absolute Gasteiger partial charge is 0.444 e. The Morgan fingerprint density at radius 1 is 0.735 bits per heavy atom. The number of benzene rings is 3. The Bertz CT molecular complexity index is 1480. The third kappa shape index (κ3) is 13.4. The fourth-order valence-electron chi connectivity index (χ4n) is 5.55. The summed E-state index contributed by atoms with van der Waals surface area (Å²) >= 11 is 0. The Morgan fingerprint density at radius 3 is 1.69 bits per heavy atom. The normalized spacial score (nSPS) is 15.1. The summed E-state index contributed by atoms with van der Waals surface area (Å²) < 4.78 is 5.49. The van der Waals surface area contributed by atoms with E-state index >= 15 is 0 Å². The van der Waals surface area contributed by atoms with E-state index in [0.717, 1.165) is 16.7 Å². The molecule has 3 aromatic rings. The first kappa shape index (κ1) is 38.7. The van der Waals surface area contributed by atoms with Crippen LogP contribution in [0.4, 0.5) is 4.79 Å². The first-order valence-corrected chi connectivity index (χ1v) is 16.9. The lowest BCUT2D eigenvalue weighted by atomic mass is 9.88. The zero-order valence-corrected chi connectivity index (χ0v) is 29.2. The van der Waals surface area contributed by atoms with Crippen LogP contribution in [0.3, 0.4) is 0 Å². The number of carbonyl (C=O) groups excluding carboxylic acids is 4. The van der Waals surface area contributed by atoms with Crippen LogP contribution in [-0.2, 0) is 38.4 Å². The molecule has 0 unspecified atom stereocenters.